The van der Waals surface area contributed by atoms with Gasteiger partial charge in [-0.05, 0) is 65.8 Å². The lowest BCUT2D eigenvalue weighted by Gasteiger charge is -2.30. The molecule has 4 heterocycles. The summed E-state index contributed by atoms with van der Waals surface area (Å²) in [7, 11) is 0. The number of rotatable bonds is 3. The van der Waals surface area contributed by atoms with Gasteiger partial charge < -0.3 is 4.42 Å². The maximum atomic E-state index is 13.8. The van der Waals surface area contributed by atoms with Crippen molar-refractivity contribution in [1.82, 2.24) is 4.57 Å². The molecule has 7 rings (SSSR count). The lowest BCUT2D eigenvalue weighted by molar-refractivity contribution is 0.571. The highest BCUT2D eigenvalue weighted by Gasteiger charge is 2.33. The van der Waals surface area contributed by atoms with Crippen molar-refractivity contribution in [2.24, 2.45) is 4.99 Å². The molecule has 0 amide bonds. The monoisotopic (exact) mass is 560 g/mol. The fraction of sp³-hybridized carbons (Fsp3) is 0.103. The van der Waals surface area contributed by atoms with Crippen LogP contribution in [0.3, 0.4) is 0 Å². The summed E-state index contributed by atoms with van der Waals surface area (Å²) in [6, 6.07) is 21.4. The van der Waals surface area contributed by atoms with E-state index in [1.165, 1.54) is 22.5 Å². The molecule has 0 bridgehead atoms. The molecular formula is C29H18Cl2N2O2S2. The Labute approximate surface area is 230 Å². The minimum atomic E-state index is -0.154. The summed E-state index contributed by atoms with van der Waals surface area (Å²) >= 11 is 15.6. The Hall–Kier alpha value is -3.16. The quantitative estimate of drug-likeness (QED) is 0.240. The molecule has 1 aliphatic carbocycles. The van der Waals surface area contributed by atoms with Crippen LogP contribution >= 0.6 is 45.9 Å². The van der Waals surface area contributed by atoms with Crippen LogP contribution in [-0.4, -0.2) is 4.57 Å². The Morgan fingerprint density at radius 1 is 1.00 bits per heavy atom. The maximum absolute atomic E-state index is 13.8. The maximum Gasteiger partial charge on any atom is 0.271 e. The van der Waals surface area contributed by atoms with Crippen LogP contribution in [0.2, 0.25) is 10.0 Å². The van der Waals surface area contributed by atoms with Crippen LogP contribution in [0.15, 0.2) is 91.9 Å². The smallest absolute Gasteiger partial charge is 0.271 e. The van der Waals surface area contributed by atoms with Gasteiger partial charge in [-0.25, -0.2) is 4.99 Å². The van der Waals surface area contributed by atoms with Gasteiger partial charge in [0.2, 0.25) is 0 Å². The number of aromatic nitrogens is 1. The van der Waals surface area contributed by atoms with E-state index in [0.29, 0.717) is 36.5 Å². The minimum Gasteiger partial charge on any atom is -0.457 e. The molecule has 0 saturated carbocycles. The largest absolute Gasteiger partial charge is 0.457 e. The van der Waals surface area contributed by atoms with Crippen LogP contribution in [0.1, 0.15) is 34.2 Å². The van der Waals surface area contributed by atoms with Gasteiger partial charge in [-0.2, -0.15) is 0 Å². The van der Waals surface area contributed by atoms with Crippen LogP contribution < -0.4 is 14.9 Å². The minimum absolute atomic E-state index is 0.0636. The predicted molar refractivity (Wildman–Crippen MR) is 151 cm³/mol. The first kappa shape index (κ1) is 23.0. The van der Waals surface area contributed by atoms with E-state index in [0.717, 1.165) is 29.0 Å². The zero-order chi connectivity index (χ0) is 25.1. The number of fused-ring (bicyclic) bond motifs is 3. The summed E-state index contributed by atoms with van der Waals surface area (Å²) in [5.41, 5.74) is 5.32. The second-order valence-electron chi connectivity index (χ2n) is 8.96. The molecule has 0 N–H and O–H groups in total. The fourth-order valence-electron chi connectivity index (χ4n) is 5.11. The number of furan rings is 1. The molecule has 1 atom stereocenters. The van der Waals surface area contributed by atoms with Gasteiger partial charge in [0.05, 0.1) is 21.3 Å². The van der Waals surface area contributed by atoms with Gasteiger partial charge in [-0.3, -0.25) is 9.36 Å². The molecule has 5 aromatic rings. The normalized spacial score (nSPS) is 16.8. The zero-order valence-electron chi connectivity index (χ0n) is 19.3. The SMILES string of the molecule is O=c1/c(=C\c2ccc(-c3cc(Cl)ccc3Cl)o2)sc2n1[C@@H](c1cccs1)C1=C(N=2)c2ccccc2CC1. The number of nitrogens with zero attached hydrogens (tertiary/aromatic N) is 2. The number of thiophene rings is 1. The first-order chi connectivity index (χ1) is 18.1. The number of allylic oxidation sites excluding steroid dienone is 1. The van der Waals surface area contributed by atoms with Crippen molar-refractivity contribution in [3.8, 4) is 11.3 Å². The number of halogens is 2. The van der Waals surface area contributed by atoms with E-state index in [1.54, 1.807) is 35.6 Å². The third kappa shape index (κ3) is 3.87. The zero-order valence-corrected chi connectivity index (χ0v) is 22.4. The molecule has 0 fully saturated rings. The van der Waals surface area contributed by atoms with Crippen LogP contribution in [0.4, 0.5) is 0 Å². The van der Waals surface area contributed by atoms with Crippen molar-refractivity contribution in [3.05, 3.63) is 129 Å². The Morgan fingerprint density at radius 2 is 1.89 bits per heavy atom. The first-order valence-corrected chi connectivity index (χ1v) is 14.2. The van der Waals surface area contributed by atoms with Gasteiger partial charge in [-0.15, -0.1) is 11.3 Å². The van der Waals surface area contributed by atoms with Crippen LogP contribution in [-0.2, 0) is 6.42 Å². The van der Waals surface area contributed by atoms with E-state index < -0.39 is 0 Å². The predicted octanol–water partition coefficient (Wildman–Crippen LogP) is 6.95. The molecule has 0 unspecified atom stereocenters. The molecule has 2 aromatic carbocycles. The summed E-state index contributed by atoms with van der Waals surface area (Å²) in [6.07, 6.45) is 3.61. The van der Waals surface area contributed by atoms with E-state index in [1.807, 2.05) is 22.8 Å². The summed E-state index contributed by atoms with van der Waals surface area (Å²) < 4.78 is 8.49. The van der Waals surface area contributed by atoms with E-state index in [9.17, 15) is 4.79 Å². The fourth-order valence-corrected chi connectivity index (χ4v) is 7.32. The van der Waals surface area contributed by atoms with E-state index >= 15 is 0 Å². The molecule has 0 saturated heterocycles. The highest BCUT2D eigenvalue weighted by molar-refractivity contribution is 7.10. The summed E-state index contributed by atoms with van der Waals surface area (Å²) in [4.78, 5) is 20.7. The van der Waals surface area contributed by atoms with Gasteiger partial charge in [0.1, 0.15) is 11.5 Å². The van der Waals surface area contributed by atoms with Gasteiger partial charge in [0.15, 0.2) is 4.80 Å². The number of aryl methyl sites for hydroxylation is 1. The molecule has 8 heteroatoms. The lowest BCUT2D eigenvalue weighted by Crippen LogP contribution is -2.38. The highest BCUT2D eigenvalue weighted by atomic mass is 35.5. The lowest BCUT2D eigenvalue weighted by atomic mass is 9.85. The van der Waals surface area contributed by atoms with Crippen molar-refractivity contribution in [2.45, 2.75) is 18.9 Å². The summed E-state index contributed by atoms with van der Waals surface area (Å²) in [5.74, 6) is 1.16. The van der Waals surface area contributed by atoms with Gasteiger partial charge in [0.25, 0.3) is 5.56 Å². The van der Waals surface area contributed by atoms with Crippen molar-refractivity contribution < 1.29 is 4.42 Å². The van der Waals surface area contributed by atoms with E-state index in [2.05, 4.69) is 35.7 Å². The number of thiazole rings is 1. The number of benzene rings is 2. The summed E-state index contributed by atoms with van der Waals surface area (Å²) in [6.45, 7) is 0. The number of hydrogen-bond acceptors (Lipinski definition) is 5. The second-order valence-corrected chi connectivity index (χ2v) is 11.8. The van der Waals surface area contributed by atoms with Gasteiger partial charge in [0, 0.05) is 27.1 Å². The molecule has 0 spiro atoms. The molecule has 0 radical (unpaired) electrons. The molecule has 3 aromatic heterocycles. The Balaban J connectivity index is 1.39. The molecule has 1 aliphatic heterocycles. The summed E-state index contributed by atoms with van der Waals surface area (Å²) in [5, 5.41) is 3.18. The second kappa shape index (κ2) is 8.99. The van der Waals surface area contributed by atoms with Crippen LogP contribution in [0.5, 0.6) is 0 Å². The Kier molecular flexibility index (Phi) is 5.59. The molecule has 2 aliphatic rings. The molecular weight excluding hydrogens is 543 g/mol. The first-order valence-electron chi connectivity index (χ1n) is 11.8. The topological polar surface area (TPSA) is 47.5 Å². The molecule has 4 nitrogen and oxygen atoms in total. The number of hydrogen-bond donors (Lipinski definition) is 0. The Morgan fingerprint density at radius 3 is 2.76 bits per heavy atom. The third-order valence-electron chi connectivity index (χ3n) is 6.78. The van der Waals surface area contributed by atoms with Crippen molar-refractivity contribution >= 4 is 57.6 Å². The van der Waals surface area contributed by atoms with Crippen molar-refractivity contribution in [1.29, 1.82) is 0 Å². The van der Waals surface area contributed by atoms with Crippen LogP contribution in [0.25, 0.3) is 23.1 Å². The highest BCUT2D eigenvalue weighted by Crippen LogP contribution is 2.42. The Bertz CT molecular complexity index is 1890. The standard InChI is InChI=1S/C29H18Cl2N2O2S2/c30-17-8-11-22(31)21(14-17)23-12-9-18(35-23)15-25-28(34)33-27(24-6-3-13-36-24)20-10-7-16-4-1-2-5-19(16)26(20)32-29(33)37-25/h1-6,8-9,11-15,27H,7,10H2/b25-15+/t27-/m1/s1. The average Bonchev–Trinajstić information content (AvgIpc) is 3.66. The third-order valence-corrected chi connectivity index (χ3v) is 9.25. The van der Waals surface area contributed by atoms with E-state index in [4.69, 9.17) is 32.6 Å². The van der Waals surface area contributed by atoms with E-state index in [-0.39, 0.29) is 11.6 Å². The molecule has 182 valence electrons. The average molecular weight is 562 g/mol. The van der Waals surface area contributed by atoms with Crippen LogP contribution in [0, 0.1) is 0 Å². The van der Waals surface area contributed by atoms with Crippen molar-refractivity contribution in [3.63, 3.8) is 0 Å². The van der Waals surface area contributed by atoms with Gasteiger partial charge >= 0.3 is 0 Å². The molecule has 37 heavy (non-hydrogen) atoms. The van der Waals surface area contributed by atoms with Gasteiger partial charge in [-0.1, -0.05) is 64.9 Å². The van der Waals surface area contributed by atoms with Crippen molar-refractivity contribution in [2.75, 3.05) is 0 Å².